The van der Waals surface area contributed by atoms with Crippen LogP contribution in [0.5, 0.6) is 0 Å². The molecule has 1 unspecified atom stereocenters. The molecule has 80 valence electrons. The van der Waals surface area contributed by atoms with Gasteiger partial charge < -0.3 is 10.8 Å². The van der Waals surface area contributed by atoms with E-state index in [0.29, 0.717) is 13.0 Å². The Bertz CT molecular complexity index is 469. The van der Waals surface area contributed by atoms with Gasteiger partial charge >= 0.3 is 0 Å². The molecule has 2 aromatic rings. The zero-order valence-corrected chi connectivity index (χ0v) is 9.66. The molecule has 2 rings (SSSR count). The molecule has 5 heteroatoms. The second-order valence-electron chi connectivity index (χ2n) is 3.41. The van der Waals surface area contributed by atoms with Crippen molar-refractivity contribution in [2.45, 2.75) is 12.5 Å². The summed E-state index contributed by atoms with van der Waals surface area (Å²) in [5.41, 5.74) is 7.15. The summed E-state index contributed by atoms with van der Waals surface area (Å²) in [5.74, 6) is 0. The van der Waals surface area contributed by atoms with Crippen LogP contribution < -0.4 is 5.73 Å². The highest BCUT2D eigenvalue weighted by Gasteiger charge is 2.09. The quantitative estimate of drug-likeness (QED) is 0.794. The smallest absolute Gasteiger partial charge is 0.108 e. The van der Waals surface area contributed by atoms with E-state index in [1.807, 2.05) is 18.2 Å². The predicted molar refractivity (Wildman–Crippen MR) is 62.4 cm³/mol. The van der Waals surface area contributed by atoms with Crippen molar-refractivity contribution in [3.05, 3.63) is 28.4 Å². The maximum absolute atomic E-state index is 9.78. The SMILES string of the molecule is NCCC(O)c1ccc2n[nH]c(Br)c2c1. The molecule has 0 spiro atoms. The van der Waals surface area contributed by atoms with Gasteiger partial charge in [0.2, 0.25) is 0 Å². The van der Waals surface area contributed by atoms with Crippen molar-refractivity contribution >= 4 is 26.8 Å². The highest BCUT2D eigenvalue weighted by Crippen LogP contribution is 2.25. The van der Waals surface area contributed by atoms with Gasteiger partial charge in [0.05, 0.1) is 11.6 Å². The molecule has 0 bridgehead atoms. The van der Waals surface area contributed by atoms with Crippen LogP contribution in [0, 0.1) is 0 Å². The number of aromatic nitrogens is 2. The Morgan fingerprint density at radius 2 is 2.33 bits per heavy atom. The topological polar surface area (TPSA) is 74.9 Å². The number of H-pyrrole nitrogens is 1. The molecular formula is C10H12BrN3O. The number of aliphatic hydroxyl groups excluding tert-OH is 1. The zero-order chi connectivity index (χ0) is 10.8. The van der Waals surface area contributed by atoms with Gasteiger partial charge in [-0.05, 0) is 46.6 Å². The number of nitrogens with zero attached hydrogens (tertiary/aromatic N) is 1. The Balaban J connectivity index is 2.41. The van der Waals surface area contributed by atoms with Crippen molar-refractivity contribution in [1.29, 1.82) is 0 Å². The number of nitrogens with two attached hydrogens (primary N) is 1. The first-order chi connectivity index (χ1) is 7.22. The van der Waals surface area contributed by atoms with Crippen LogP contribution in [0.4, 0.5) is 0 Å². The molecule has 0 fully saturated rings. The Kier molecular flexibility index (Phi) is 3.04. The molecule has 0 saturated carbocycles. The van der Waals surface area contributed by atoms with Crippen molar-refractivity contribution in [2.75, 3.05) is 6.54 Å². The largest absolute Gasteiger partial charge is 0.388 e. The highest BCUT2D eigenvalue weighted by molar-refractivity contribution is 9.10. The van der Waals surface area contributed by atoms with E-state index in [-0.39, 0.29) is 0 Å². The summed E-state index contributed by atoms with van der Waals surface area (Å²) in [4.78, 5) is 0. The molecule has 1 heterocycles. The Labute approximate surface area is 95.6 Å². The van der Waals surface area contributed by atoms with E-state index >= 15 is 0 Å². The minimum absolute atomic E-state index is 0.478. The molecule has 1 atom stereocenters. The van der Waals surface area contributed by atoms with Gasteiger partial charge in [0.1, 0.15) is 4.60 Å². The molecule has 0 radical (unpaired) electrons. The van der Waals surface area contributed by atoms with Gasteiger partial charge in [-0.2, -0.15) is 5.10 Å². The van der Waals surface area contributed by atoms with Crippen molar-refractivity contribution in [3.8, 4) is 0 Å². The second-order valence-corrected chi connectivity index (χ2v) is 4.20. The third-order valence-electron chi connectivity index (χ3n) is 2.36. The van der Waals surface area contributed by atoms with Crippen molar-refractivity contribution in [2.24, 2.45) is 5.73 Å². The average molecular weight is 270 g/mol. The van der Waals surface area contributed by atoms with Crippen LogP contribution in [0.3, 0.4) is 0 Å². The standard InChI is InChI=1S/C10H12BrN3O/c11-10-7-5-6(9(15)3-4-12)1-2-8(7)13-14-10/h1-2,5,9,15H,3-4,12H2,(H,13,14). The predicted octanol–water partition coefficient (Wildman–Crippen LogP) is 1.71. The van der Waals surface area contributed by atoms with E-state index in [4.69, 9.17) is 5.73 Å². The van der Waals surface area contributed by atoms with Gasteiger partial charge in [-0.25, -0.2) is 0 Å². The molecule has 0 aliphatic carbocycles. The zero-order valence-electron chi connectivity index (χ0n) is 8.07. The maximum Gasteiger partial charge on any atom is 0.108 e. The first-order valence-electron chi connectivity index (χ1n) is 4.74. The van der Waals surface area contributed by atoms with Gasteiger partial charge in [-0.1, -0.05) is 6.07 Å². The number of aromatic amines is 1. The fourth-order valence-corrected chi connectivity index (χ4v) is 1.93. The van der Waals surface area contributed by atoms with E-state index in [2.05, 4.69) is 26.1 Å². The van der Waals surface area contributed by atoms with Gasteiger partial charge in [0.15, 0.2) is 0 Å². The number of hydrogen-bond donors (Lipinski definition) is 3. The summed E-state index contributed by atoms with van der Waals surface area (Å²) in [6.45, 7) is 0.478. The van der Waals surface area contributed by atoms with Crippen LogP contribution in [-0.4, -0.2) is 21.8 Å². The summed E-state index contributed by atoms with van der Waals surface area (Å²) in [7, 11) is 0. The Morgan fingerprint density at radius 1 is 1.53 bits per heavy atom. The number of benzene rings is 1. The van der Waals surface area contributed by atoms with E-state index < -0.39 is 6.10 Å². The van der Waals surface area contributed by atoms with Crippen LogP contribution >= 0.6 is 15.9 Å². The molecule has 4 nitrogen and oxygen atoms in total. The molecule has 0 aliphatic rings. The number of nitrogens with one attached hydrogen (secondary N) is 1. The molecule has 0 saturated heterocycles. The van der Waals surface area contributed by atoms with Crippen molar-refractivity contribution < 1.29 is 5.11 Å². The van der Waals surface area contributed by atoms with Gasteiger partial charge in [0.25, 0.3) is 0 Å². The lowest BCUT2D eigenvalue weighted by Gasteiger charge is -2.08. The summed E-state index contributed by atoms with van der Waals surface area (Å²) in [6.07, 6.45) is 0.0715. The van der Waals surface area contributed by atoms with E-state index in [9.17, 15) is 5.11 Å². The second kappa shape index (κ2) is 4.30. The summed E-state index contributed by atoms with van der Waals surface area (Å²) < 4.78 is 0.833. The fraction of sp³-hybridized carbons (Fsp3) is 0.300. The Hall–Kier alpha value is -0.910. The number of hydrogen-bond acceptors (Lipinski definition) is 3. The summed E-state index contributed by atoms with van der Waals surface area (Å²) in [6, 6.07) is 5.67. The molecule has 1 aromatic carbocycles. The Morgan fingerprint density at radius 3 is 3.07 bits per heavy atom. The molecular weight excluding hydrogens is 258 g/mol. The number of rotatable bonds is 3. The van der Waals surface area contributed by atoms with Gasteiger partial charge in [0, 0.05) is 5.39 Å². The maximum atomic E-state index is 9.78. The molecule has 1 aromatic heterocycles. The number of aliphatic hydroxyl groups is 1. The highest BCUT2D eigenvalue weighted by atomic mass is 79.9. The first-order valence-corrected chi connectivity index (χ1v) is 5.53. The first kappa shape index (κ1) is 10.6. The molecule has 15 heavy (non-hydrogen) atoms. The monoisotopic (exact) mass is 269 g/mol. The average Bonchev–Trinajstić information content (AvgIpc) is 2.60. The molecule has 0 aliphatic heterocycles. The third kappa shape index (κ3) is 2.04. The van der Waals surface area contributed by atoms with Gasteiger partial charge in [-0.3, -0.25) is 5.10 Å². The van der Waals surface area contributed by atoms with Crippen LogP contribution in [-0.2, 0) is 0 Å². The van der Waals surface area contributed by atoms with Crippen LogP contribution in [0.15, 0.2) is 22.8 Å². The molecule has 0 amide bonds. The lowest BCUT2D eigenvalue weighted by atomic mass is 10.1. The minimum Gasteiger partial charge on any atom is -0.388 e. The number of fused-ring (bicyclic) bond motifs is 1. The number of halogens is 1. The minimum atomic E-state index is -0.499. The summed E-state index contributed by atoms with van der Waals surface area (Å²) in [5, 5.41) is 17.7. The van der Waals surface area contributed by atoms with E-state index in [0.717, 1.165) is 21.1 Å². The normalized spacial score (nSPS) is 13.3. The lowest BCUT2D eigenvalue weighted by Crippen LogP contribution is -2.06. The fourth-order valence-electron chi connectivity index (χ4n) is 1.53. The van der Waals surface area contributed by atoms with E-state index in [1.165, 1.54) is 0 Å². The summed E-state index contributed by atoms with van der Waals surface area (Å²) >= 11 is 3.36. The third-order valence-corrected chi connectivity index (χ3v) is 2.96. The van der Waals surface area contributed by atoms with Crippen LogP contribution in [0.1, 0.15) is 18.1 Å². The van der Waals surface area contributed by atoms with Crippen molar-refractivity contribution in [1.82, 2.24) is 10.2 Å². The van der Waals surface area contributed by atoms with Crippen LogP contribution in [0.2, 0.25) is 0 Å². The van der Waals surface area contributed by atoms with Crippen LogP contribution in [0.25, 0.3) is 10.9 Å². The van der Waals surface area contributed by atoms with Gasteiger partial charge in [-0.15, -0.1) is 0 Å². The lowest BCUT2D eigenvalue weighted by molar-refractivity contribution is 0.170. The molecule has 4 N–H and O–H groups in total. The van der Waals surface area contributed by atoms with Crippen molar-refractivity contribution in [3.63, 3.8) is 0 Å². The van der Waals surface area contributed by atoms with E-state index in [1.54, 1.807) is 0 Å².